The number of rotatable bonds is 3. The van der Waals surface area contributed by atoms with E-state index in [4.69, 9.17) is 0 Å². The van der Waals surface area contributed by atoms with E-state index >= 15 is 0 Å². The molecule has 1 aromatic rings. The summed E-state index contributed by atoms with van der Waals surface area (Å²) in [5, 5.41) is 14.5. The van der Waals surface area contributed by atoms with Gasteiger partial charge in [-0.15, -0.1) is 0 Å². The number of hydrogen-bond donors (Lipinski definition) is 1. The molecule has 3 rings (SSSR count). The van der Waals surface area contributed by atoms with Gasteiger partial charge in [0.25, 0.3) is 5.69 Å². The molecule has 0 aromatic heterocycles. The molecule has 0 bridgehead atoms. The van der Waals surface area contributed by atoms with Gasteiger partial charge in [-0.25, -0.2) is 0 Å². The Hall–Kier alpha value is -1.46. The average Bonchev–Trinajstić information content (AvgIpc) is 2.98. The van der Waals surface area contributed by atoms with Gasteiger partial charge in [-0.1, -0.05) is 12.1 Å². The van der Waals surface area contributed by atoms with Crippen LogP contribution < -0.4 is 5.32 Å². The van der Waals surface area contributed by atoms with Gasteiger partial charge in [0.05, 0.1) is 4.92 Å². The molecule has 0 spiro atoms. The van der Waals surface area contributed by atoms with E-state index in [1.807, 2.05) is 12.1 Å². The highest BCUT2D eigenvalue weighted by molar-refractivity contribution is 5.43. The van der Waals surface area contributed by atoms with Gasteiger partial charge in [0.15, 0.2) is 0 Å². The molecule has 1 aromatic carbocycles. The monoisotopic (exact) mass is 275 g/mol. The van der Waals surface area contributed by atoms with E-state index in [9.17, 15) is 10.1 Å². The van der Waals surface area contributed by atoms with Crippen molar-refractivity contribution < 1.29 is 4.92 Å². The van der Waals surface area contributed by atoms with Gasteiger partial charge in [-0.05, 0) is 44.3 Å². The summed E-state index contributed by atoms with van der Waals surface area (Å²) in [5.74, 6) is 1.50. The minimum absolute atomic E-state index is 0.232. The highest BCUT2D eigenvalue weighted by atomic mass is 16.6. The minimum atomic E-state index is -0.284. The Bertz CT molecular complexity index is 520. The van der Waals surface area contributed by atoms with Crippen LogP contribution in [-0.2, 0) is 0 Å². The van der Waals surface area contributed by atoms with E-state index in [2.05, 4.69) is 17.1 Å². The van der Waals surface area contributed by atoms with Gasteiger partial charge in [0, 0.05) is 30.8 Å². The van der Waals surface area contributed by atoms with Crippen LogP contribution in [0.4, 0.5) is 5.69 Å². The molecule has 3 unspecified atom stereocenters. The summed E-state index contributed by atoms with van der Waals surface area (Å²) in [5.41, 5.74) is 2.01. The molecule has 2 fully saturated rings. The first kappa shape index (κ1) is 13.5. The molecule has 2 saturated heterocycles. The Kier molecular flexibility index (Phi) is 3.48. The van der Waals surface area contributed by atoms with Crippen LogP contribution in [0.2, 0.25) is 0 Å². The molecule has 3 atom stereocenters. The first-order chi connectivity index (χ1) is 9.56. The fourth-order valence-electron chi connectivity index (χ4n) is 3.50. The third-order valence-electron chi connectivity index (χ3n) is 4.88. The van der Waals surface area contributed by atoms with Crippen molar-refractivity contribution in [3.05, 3.63) is 39.4 Å². The van der Waals surface area contributed by atoms with Crippen LogP contribution in [-0.4, -0.2) is 36.0 Å². The largest absolute Gasteiger partial charge is 0.316 e. The maximum Gasteiger partial charge on any atom is 0.272 e. The Morgan fingerprint density at radius 2 is 2.00 bits per heavy atom. The topological polar surface area (TPSA) is 58.4 Å². The Balaban J connectivity index is 1.79. The Morgan fingerprint density at radius 1 is 1.35 bits per heavy atom. The molecule has 108 valence electrons. The van der Waals surface area contributed by atoms with Crippen LogP contribution in [0.3, 0.4) is 0 Å². The zero-order valence-corrected chi connectivity index (χ0v) is 12.0. The highest BCUT2D eigenvalue weighted by Gasteiger charge is 2.38. The van der Waals surface area contributed by atoms with Crippen molar-refractivity contribution in [2.24, 2.45) is 11.8 Å². The highest BCUT2D eigenvalue weighted by Crippen LogP contribution is 2.34. The molecular weight excluding hydrogens is 254 g/mol. The van der Waals surface area contributed by atoms with Gasteiger partial charge in [-0.2, -0.15) is 0 Å². The van der Waals surface area contributed by atoms with Crippen molar-refractivity contribution in [1.82, 2.24) is 10.2 Å². The molecule has 5 heteroatoms. The van der Waals surface area contributed by atoms with Crippen LogP contribution >= 0.6 is 0 Å². The summed E-state index contributed by atoms with van der Waals surface area (Å²) < 4.78 is 0. The molecule has 20 heavy (non-hydrogen) atoms. The minimum Gasteiger partial charge on any atom is -0.316 e. The summed E-state index contributed by atoms with van der Waals surface area (Å²) in [4.78, 5) is 13.2. The molecule has 2 aliphatic rings. The molecule has 0 aliphatic carbocycles. The molecule has 5 nitrogen and oxygen atoms in total. The third kappa shape index (κ3) is 2.31. The Labute approximate surface area is 119 Å². The van der Waals surface area contributed by atoms with Gasteiger partial charge >= 0.3 is 0 Å². The van der Waals surface area contributed by atoms with Crippen molar-refractivity contribution in [2.45, 2.75) is 19.9 Å². The third-order valence-corrected chi connectivity index (χ3v) is 4.88. The first-order valence-electron chi connectivity index (χ1n) is 7.26. The zero-order chi connectivity index (χ0) is 14.3. The SMILES string of the molecule is Cc1ccc(C(C)N2CC3CNCC3C2)cc1[N+](=O)[O-]. The standard InChI is InChI=1S/C15H21N3O2/c1-10-3-4-12(5-15(10)18(19)20)11(2)17-8-13-6-16-7-14(13)9-17/h3-5,11,13-14,16H,6-9H2,1-2H3. The van der Waals surface area contributed by atoms with Crippen molar-refractivity contribution >= 4 is 5.69 Å². The van der Waals surface area contributed by atoms with Crippen LogP contribution in [0.1, 0.15) is 24.1 Å². The van der Waals surface area contributed by atoms with Crippen LogP contribution in [0, 0.1) is 28.9 Å². The number of likely N-dealkylation sites (tertiary alicyclic amines) is 1. The van der Waals surface area contributed by atoms with E-state index in [1.165, 1.54) is 0 Å². The van der Waals surface area contributed by atoms with Crippen LogP contribution in [0.5, 0.6) is 0 Å². The normalized spacial score (nSPS) is 27.5. The lowest BCUT2D eigenvalue weighted by atomic mass is 10.0. The molecule has 2 heterocycles. The summed E-state index contributed by atoms with van der Waals surface area (Å²) in [6.07, 6.45) is 0. The number of nitrogens with one attached hydrogen (secondary N) is 1. The van der Waals surface area contributed by atoms with Crippen molar-refractivity contribution in [1.29, 1.82) is 0 Å². The lowest BCUT2D eigenvalue weighted by Gasteiger charge is -2.25. The summed E-state index contributed by atoms with van der Waals surface area (Å²) >= 11 is 0. The first-order valence-corrected chi connectivity index (χ1v) is 7.26. The van der Waals surface area contributed by atoms with E-state index in [0.717, 1.165) is 49.1 Å². The number of aryl methyl sites for hydroxylation is 1. The fourth-order valence-corrected chi connectivity index (χ4v) is 3.50. The van der Waals surface area contributed by atoms with Gasteiger partial charge in [0.2, 0.25) is 0 Å². The van der Waals surface area contributed by atoms with E-state index in [-0.39, 0.29) is 16.7 Å². The lowest BCUT2D eigenvalue weighted by Crippen LogP contribution is -2.28. The van der Waals surface area contributed by atoms with Crippen molar-refractivity contribution in [3.8, 4) is 0 Å². The lowest BCUT2D eigenvalue weighted by molar-refractivity contribution is -0.385. The average molecular weight is 275 g/mol. The van der Waals surface area contributed by atoms with E-state index in [1.54, 1.807) is 13.0 Å². The summed E-state index contributed by atoms with van der Waals surface area (Å²) in [6, 6.07) is 5.88. The van der Waals surface area contributed by atoms with Gasteiger partial charge in [0.1, 0.15) is 0 Å². The quantitative estimate of drug-likeness (QED) is 0.678. The fraction of sp³-hybridized carbons (Fsp3) is 0.600. The number of nitrogens with zero attached hydrogens (tertiary/aromatic N) is 2. The second-order valence-electron chi connectivity index (χ2n) is 6.11. The number of benzene rings is 1. The summed E-state index contributed by atoms with van der Waals surface area (Å²) in [7, 11) is 0. The second kappa shape index (κ2) is 5.14. The molecular formula is C15H21N3O2. The van der Waals surface area contributed by atoms with Gasteiger partial charge < -0.3 is 5.32 Å². The predicted molar refractivity (Wildman–Crippen MR) is 77.7 cm³/mol. The number of nitro benzene ring substituents is 1. The molecule has 1 N–H and O–H groups in total. The molecule has 0 radical (unpaired) electrons. The predicted octanol–water partition coefficient (Wildman–Crippen LogP) is 2.12. The molecule has 0 amide bonds. The van der Waals surface area contributed by atoms with Gasteiger partial charge in [-0.3, -0.25) is 15.0 Å². The smallest absolute Gasteiger partial charge is 0.272 e. The molecule has 0 saturated carbocycles. The maximum atomic E-state index is 11.1. The maximum absolute atomic E-state index is 11.1. The zero-order valence-electron chi connectivity index (χ0n) is 12.0. The summed E-state index contributed by atoms with van der Waals surface area (Å²) in [6.45, 7) is 8.37. The Morgan fingerprint density at radius 3 is 2.60 bits per heavy atom. The van der Waals surface area contributed by atoms with Crippen molar-refractivity contribution in [2.75, 3.05) is 26.2 Å². The van der Waals surface area contributed by atoms with Crippen LogP contribution in [0.15, 0.2) is 18.2 Å². The second-order valence-corrected chi connectivity index (χ2v) is 6.11. The van der Waals surface area contributed by atoms with E-state index < -0.39 is 0 Å². The number of nitro groups is 1. The number of hydrogen-bond acceptors (Lipinski definition) is 4. The van der Waals surface area contributed by atoms with Crippen molar-refractivity contribution in [3.63, 3.8) is 0 Å². The molecule has 2 aliphatic heterocycles. The van der Waals surface area contributed by atoms with Crippen LogP contribution in [0.25, 0.3) is 0 Å². The number of fused-ring (bicyclic) bond motifs is 1. The van der Waals surface area contributed by atoms with E-state index in [0.29, 0.717) is 0 Å².